The second-order valence-electron chi connectivity index (χ2n) is 3.59. The average molecular weight is 210 g/mol. The van der Waals surface area contributed by atoms with Crippen molar-refractivity contribution in [2.24, 2.45) is 7.05 Å². The number of hydrogen-bond acceptors (Lipinski definition) is 3. The molecule has 0 aliphatic carbocycles. The first-order chi connectivity index (χ1) is 7.86. The summed E-state index contributed by atoms with van der Waals surface area (Å²) in [5.74, 6) is 0. The molecule has 0 saturated heterocycles. The van der Waals surface area contributed by atoms with Crippen LogP contribution in [0, 0.1) is 0 Å². The lowest BCUT2D eigenvalue weighted by Crippen LogP contribution is -1.93. The fourth-order valence-corrected chi connectivity index (χ4v) is 1.79. The summed E-state index contributed by atoms with van der Waals surface area (Å²) in [6.45, 7) is 0. The van der Waals surface area contributed by atoms with E-state index in [0.717, 1.165) is 22.3 Å². The Morgan fingerprint density at radius 3 is 2.69 bits per heavy atom. The zero-order chi connectivity index (χ0) is 11.0. The van der Waals surface area contributed by atoms with Gasteiger partial charge in [-0.2, -0.15) is 5.10 Å². The minimum atomic E-state index is 0.855. The Bertz CT molecular complexity index is 628. The van der Waals surface area contributed by atoms with E-state index < -0.39 is 0 Å². The molecule has 3 rings (SSSR count). The maximum atomic E-state index is 4.33. The van der Waals surface area contributed by atoms with E-state index in [1.165, 1.54) is 0 Å². The van der Waals surface area contributed by atoms with Gasteiger partial charge in [0.05, 0.1) is 17.3 Å². The quantitative estimate of drug-likeness (QED) is 0.617. The number of rotatable bonds is 1. The van der Waals surface area contributed by atoms with E-state index in [4.69, 9.17) is 0 Å². The van der Waals surface area contributed by atoms with Crippen LogP contribution in [-0.2, 0) is 7.05 Å². The third-order valence-corrected chi connectivity index (χ3v) is 2.58. The summed E-state index contributed by atoms with van der Waals surface area (Å²) in [5, 5.41) is 5.18. The van der Waals surface area contributed by atoms with Crippen LogP contribution in [-0.4, -0.2) is 19.7 Å². The summed E-state index contributed by atoms with van der Waals surface area (Å²) in [7, 11) is 1.88. The Balaban J connectivity index is 2.32. The highest BCUT2D eigenvalue weighted by Crippen LogP contribution is 2.23. The van der Waals surface area contributed by atoms with Crippen LogP contribution < -0.4 is 0 Å². The molecule has 0 amide bonds. The summed E-state index contributed by atoms with van der Waals surface area (Å²) >= 11 is 0. The Morgan fingerprint density at radius 2 is 1.88 bits per heavy atom. The molecule has 1 aromatic carbocycles. The molecule has 0 aliphatic rings. The molecule has 0 saturated carbocycles. The van der Waals surface area contributed by atoms with Crippen molar-refractivity contribution in [3.05, 3.63) is 42.9 Å². The molecule has 0 atom stereocenters. The van der Waals surface area contributed by atoms with Crippen LogP contribution in [0.1, 0.15) is 0 Å². The normalized spacial score (nSPS) is 10.8. The number of fused-ring (bicyclic) bond motifs is 1. The first-order valence-corrected chi connectivity index (χ1v) is 5.04. The molecule has 2 heterocycles. The van der Waals surface area contributed by atoms with Crippen molar-refractivity contribution in [3.8, 4) is 11.3 Å². The van der Waals surface area contributed by atoms with Crippen LogP contribution in [0.3, 0.4) is 0 Å². The van der Waals surface area contributed by atoms with Crippen LogP contribution in [0.4, 0.5) is 0 Å². The van der Waals surface area contributed by atoms with Crippen LogP contribution in [0.2, 0.25) is 0 Å². The molecule has 4 nitrogen and oxygen atoms in total. The zero-order valence-corrected chi connectivity index (χ0v) is 8.83. The van der Waals surface area contributed by atoms with Crippen molar-refractivity contribution >= 4 is 11.0 Å². The number of nitrogens with zero attached hydrogens (tertiary/aromatic N) is 4. The Kier molecular flexibility index (Phi) is 1.93. The summed E-state index contributed by atoms with van der Waals surface area (Å²) in [5.41, 5.74) is 2.87. The molecule has 78 valence electrons. The molecule has 16 heavy (non-hydrogen) atoms. The van der Waals surface area contributed by atoms with E-state index in [0.29, 0.717) is 0 Å². The minimum absolute atomic E-state index is 0.855. The topological polar surface area (TPSA) is 43.6 Å². The lowest BCUT2D eigenvalue weighted by atomic mass is 10.1. The molecule has 0 fully saturated rings. The average Bonchev–Trinajstić information content (AvgIpc) is 2.73. The van der Waals surface area contributed by atoms with Crippen molar-refractivity contribution in [1.29, 1.82) is 0 Å². The van der Waals surface area contributed by atoms with Gasteiger partial charge < -0.3 is 0 Å². The van der Waals surface area contributed by atoms with E-state index in [9.17, 15) is 0 Å². The van der Waals surface area contributed by atoms with Gasteiger partial charge in [-0.05, 0) is 0 Å². The van der Waals surface area contributed by atoms with Gasteiger partial charge >= 0.3 is 0 Å². The van der Waals surface area contributed by atoms with Crippen LogP contribution in [0.5, 0.6) is 0 Å². The second-order valence-corrected chi connectivity index (χ2v) is 3.59. The van der Waals surface area contributed by atoms with Crippen molar-refractivity contribution < 1.29 is 0 Å². The van der Waals surface area contributed by atoms with Gasteiger partial charge in [-0.15, -0.1) is 0 Å². The predicted molar refractivity (Wildman–Crippen MR) is 61.7 cm³/mol. The molecular weight excluding hydrogens is 200 g/mol. The standard InChI is InChI=1S/C12H10N4/c1-16-12-10(7-15-16)11(13-8-14-12)9-5-3-2-4-6-9/h2-8H,1H3. The van der Waals surface area contributed by atoms with Gasteiger partial charge in [-0.3, -0.25) is 4.68 Å². The number of benzene rings is 1. The Morgan fingerprint density at radius 1 is 1.06 bits per heavy atom. The third-order valence-electron chi connectivity index (χ3n) is 2.58. The van der Waals surface area contributed by atoms with Crippen LogP contribution in [0.25, 0.3) is 22.3 Å². The number of hydrogen-bond donors (Lipinski definition) is 0. The highest BCUT2D eigenvalue weighted by atomic mass is 15.3. The lowest BCUT2D eigenvalue weighted by Gasteiger charge is -2.01. The van der Waals surface area contributed by atoms with E-state index in [-0.39, 0.29) is 0 Å². The van der Waals surface area contributed by atoms with Gasteiger partial charge in [-0.25, -0.2) is 9.97 Å². The van der Waals surface area contributed by atoms with E-state index in [2.05, 4.69) is 15.1 Å². The Labute approximate surface area is 92.6 Å². The van der Waals surface area contributed by atoms with Gasteiger partial charge in [0.25, 0.3) is 0 Å². The molecule has 0 radical (unpaired) electrons. The second kappa shape index (κ2) is 3.41. The van der Waals surface area contributed by atoms with E-state index >= 15 is 0 Å². The van der Waals surface area contributed by atoms with E-state index in [1.54, 1.807) is 17.2 Å². The van der Waals surface area contributed by atoms with E-state index in [1.807, 2.05) is 37.4 Å². The Hall–Kier alpha value is -2.23. The highest BCUT2D eigenvalue weighted by Gasteiger charge is 2.08. The fraction of sp³-hybridized carbons (Fsp3) is 0.0833. The van der Waals surface area contributed by atoms with Gasteiger partial charge in [0.15, 0.2) is 5.65 Å². The van der Waals surface area contributed by atoms with Gasteiger partial charge in [0.1, 0.15) is 6.33 Å². The molecule has 0 N–H and O–H groups in total. The summed E-state index contributed by atoms with van der Waals surface area (Å²) < 4.78 is 1.75. The van der Waals surface area contributed by atoms with Crippen LogP contribution >= 0.6 is 0 Å². The number of aromatic nitrogens is 4. The SMILES string of the molecule is Cn1ncc2c(-c3ccccc3)ncnc21. The van der Waals surface area contributed by atoms with Crippen molar-refractivity contribution in [1.82, 2.24) is 19.7 Å². The summed E-state index contributed by atoms with van der Waals surface area (Å²) in [6.07, 6.45) is 3.38. The van der Waals surface area contributed by atoms with Gasteiger partial charge in [0, 0.05) is 12.6 Å². The summed E-state index contributed by atoms with van der Waals surface area (Å²) in [6, 6.07) is 10.1. The third kappa shape index (κ3) is 1.27. The van der Waals surface area contributed by atoms with Gasteiger partial charge in [-0.1, -0.05) is 30.3 Å². The van der Waals surface area contributed by atoms with Crippen molar-refractivity contribution in [3.63, 3.8) is 0 Å². The molecule has 4 heteroatoms. The zero-order valence-electron chi connectivity index (χ0n) is 8.83. The molecule has 0 bridgehead atoms. The predicted octanol–water partition coefficient (Wildman–Crippen LogP) is 2.03. The molecule has 0 unspecified atom stereocenters. The minimum Gasteiger partial charge on any atom is -0.250 e. The largest absolute Gasteiger partial charge is 0.250 e. The molecule has 0 aliphatic heterocycles. The monoisotopic (exact) mass is 210 g/mol. The molecule has 0 spiro atoms. The molecular formula is C12H10N4. The maximum Gasteiger partial charge on any atom is 0.161 e. The molecule has 3 aromatic rings. The smallest absolute Gasteiger partial charge is 0.161 e. The van der Waals surface area contributed by atoms with Crippen molar-refractivity contribution in [2.75, 3.05) is 0 Å². The van der Waals surface area contributed by atoms with Gasteiger partial charge in [0.2, 0.25) is 0 Å². The van der Waals surface area contributed by atoms with Crippen molar-refractivity contribution in [2.45, 2.75) is 0 Å². The first kappa shape index (κ1) is 9.03. The first-order valence-electron chi connectivity index (χ1n) is 5.04. The lowest BCUT2D eigenvalue weighted by molar-refractivity contribution is 0.785. The highest BCUT2D eigenvalue weighted by molar-refractivity contribution is 5.89. The maximum absolute atomic E-state index is 4.33. The fourth-order valence-electron chi connectivity index (χ4n) is 1.79. The van der Waals surface area contributed by atoms with Crippen LogP contribution in [0.15, 0.2) is 42.9 Å². The number of aryl methyl sites for hydroxylation is 1. The molecule has 2 aromatic heterocycles. The summed E-state index contributed by atoms with van der Waals surface area (Å²) in [4.78, 5) is 8.54.